The fraction of sp³-hybridized carbons (Fsp3) is 0.0833. The van der Waals surface area contributed by atoms with Crippen LogP contribution in [0.4, 0.5) is 5.69 Å². The Balaban J connectivity index is 1.56. The first-order chi connectivity index (χ1) is 12.9. The number of anilines is 1. The molecule has 1 aliphatic heterocycles. The summed E-state index contributed by atoms with van der Waals surface area (Å²) in [5.41, 5.74) is 6.99. The predicted molar refractivity (Wildman–Crippen MR) is 108 cm³/mol. The van der Waals surface area contributed by atoms with Crippen molar-refractivity contribution in [3.8, 4) is 11.1 Å². The van der Waals surface area contributed by atoms with Gasteiger partial charge in [0.1, 0.15) is 11.2 Å². The van der Waals surface area contributed by atoms with Crippen molar-refractivity contribution >= 4 is 27.6 Å². The Kier molecular flexibility index (Phi) is 2.75. The molecule has 4 aromatic rings. The van der Waals surface area contributed by atoms with Crippen molar-refractivity contribution in [3.63, 3.8) is 0 Å². The third-order valence-electron chi connectivity index (χ3n) is 5.59. The normalized spacial score (nSPS) is 20.3. The second kappa shape index (κ2) is 5.12. The smallest absolute Gasteiger partial charge is 0.135 e. The van der Waals surface area contributed by atoms with E-state index in [0.717, 1.165) is 11.2 Å². The molecule has 0 amide bonds. The number of para-hydroxylation sites is 2. The molecule has 2 unspecified atom stereocenters. The van der Waals surface area contributed by atoms with E-state index in [4.69, 9.17) is 4.42 Å². The van der Waals surface area contributed by atoms with Gasteiger partial charge in [-0.05, 0) is 29.3 Å². The van der Waals surface area contributed by atoms with E-state index in [9.17, 15) is 0 Å². The molecule has 26 heavy (non-hydrogen) atoms. The first kappa shape index (κ1) is 14.0. The van der Waals surface area contributed by atoms with Gasteiger partial charge in [0.25, 0.3) is 0 Å². The number of hydrogen-bond donors (Lipinski definition) is 1. The summed E-state index contributed by atoms with van der Waals surface area (Å²) in [5, 5.41) is 6.06. The van der Waals surface area contributed by atoms with E-state index in [2.05, 4.69) is 78.2 Å². The van der Waals surface area contributed by atoms with E-state index in [0.29, 0.717) is 12.0 Å². The Morgan fingerprint density at radius 1 is 0.769 bits per heavy atom. The first-order valence-corrected chi connectivity index (χ1v) is 9.04. The van der Waals surface area contributed by atoms with Crippen LogP contribution in [0.2, 0.25) is 0 Å². The maximum Gasteiger partial charge on any atom is 0.135 e. The molecule has 0 saturated heterocycles. The number of furan rings is 1. The van der Waals surface area contributed by atoms with Gasteiger partial charge < -0.3 is 9.73 Å². The molecule has 0 radical (unpaired) electrons. The highest BCUT2D eigenvalue weighted by Crippen LogP contribution is 2.45. The van der Waals surface area contributed by atoms with Crippen LogP contribution in [-0.2, 0) is 0 Å². The van der Waals surface area contributed by atoms with Crippen LogP contribution in [0, 0.1) is 0 Å². The predicted octanol–water partition coefficient (Wildman–Crippen LogP) is 6.26. The fourth-order valence-electron chi connectivity index (χ4n) is 4.35. The van der Waals surface area contributed by atoms with Crippen molar-refractivity contribution in [3.05, 3.63) is 90.5 Å². The van der Waals surface area contributed by atoms with Crippen LogP contribution in [0.15, 0.2) is 89.4 Å². The average molecular weight is 335 g/mol. The molecule has 1 N–H and O–H groups in total. The summed E-state index contributed by atoms with van der Waals surface area (Å²) in [7, 11) is 0. The Labute approximate surface area is 151 Å². The highest BCUT2D eigenvalue weighted by atomic mass is 16.3. The van der Waals surface area contributed by atoms with Gasteiger partial charge in [0.05, 0.1) is 6.04 Å². The van der Waals surface area contributed by atoms with Gasteiger partial charge in [-0.1, -0.05) is 66.8 Å². The van der Waals surface area contributed by atoms with Gasteiger partial charge in [-0.3, -0.25) is 0 Å². The van der Waals surface area contributed by atoms with E-state index < -0.39 is 0 Å². The van der Waals surface area contributed by atoms with Crippen molar-refractivity contribution in [1.29, 1.82) is 0 Å². The molecular weight excluding hydrogens is 318 g/mol. The summed E-state index contributed by atoms with van der Waals surface area (Å²) in [6.45, 7) is 0. The first-order valence-electron chi connectivity index (χ1n) is 9.04. The molecule has 0 saturated carbocycles. The SMILES string of the molecule is C1=CC2Nc3c(-c4ccc5oc6ccccc6c5c4)cccc3C2C=C1. The molecule has 0 fully saturated rings. The molecule has 0 spiro atoms. The lowest BCUT2D eigenvalue weighted by Gasteiger charge is -2.15. The molecule has 0 bridgehead atoms. The molecule has 6 rings (SSSR count). The van der Waals surface area contributed by atoms with E-state index >= 15 is 0 Å². The molecule has 2 aliphatic rings. The van der Waals surface area contributed by atoms with Crippen LogP contribution in [0.25, 0.3) is 33.1 Å². The highest BCUT2D eigenvalue weighted by Gasteiger charge is 2.31. The van der Waals surface area contributed by atoms with E-state index in [1.807, 2.05) is 12.1 Å². The van der Waals surface area contributed by atoms with Crippen LogP contribution >= 0.6 is 0 Å². The summed E-state index contributed by atoms with van der Waals surface area (Å²) < 4.78 is 5.98. The largest absolute Gasteiger partial charge is 0.456 e. The second-order valence-corrected chi connectivity index (χ2v) is 7.04. The van der Waals surface area contributed by atoms with Crippen LogP contribution in [-0.4, -0.2) is 6.04 Å². The summed E-state index contributed by atoms with van der Waals surface area (Å²) in [6, 6.07) is 21.7. The van der Waals surface area contributed by atoms with Gasteiger partial charge in [0.15, 0.2) is 0 Å². The highest BCUT2D eigenvalue weighted by molar-refractivity contribution is 6.06. The molecular formula is C24H17NO. The number of hydrogen-bond acceptors (Lipinski definition) is 2. The zero-order valence-corrected chi connectivity index (χ0v) is 14.1. The van der Waals surface area contributed by atoms with Gasteiger partial charge >= 0.3 is 0 Å². The quantitative estimate of drug-likeness (QED) is 0.444. The van der Waals surface area contributed by atoms with Crippen molar-refractivity contribution < 1.29 is 4.42 Å². The monoisotopic (exact) mass is 335 g/mol. The average Bonchev–Trinajstić information content (AvgIpc) is 3.25. The van der Waals surface area contributed by atoms with Crippen LogP contribution in [0.5, 0.6) is 0 Å². The molecule has 2 heteroatoms. The standard InChI is InChI=1S/C24H17NO/c1-3-10-21-17(6-1)19-9-5-8-16(24(19)25-21)15-12-13-23-20(14-15)18-7-2-4-11-22(18)26-23/h1-14,17,21,25H. The molecule has 2 nitrogen and oxygen atoms in total. The fourth-order valence-corrected chi connectivity index (χ4v) is 4.35. The topological polar surface area (TPSA) is 25.2 Å². The summed E-state index contributed by atoms with van der Waals surface area (Å²) >= 11 is 0. The van der Waals surface area contributed by atoms with Crippen molar-refractivity contribution in [2.24, 2.45) is 0 Å². The van der Waals surface area contributed by atoms with Crippen LogP contribution < -0.4 is 5.32 Å². The summed E-state index contributed by atoms with van der Waals surface area (Å²) in [6.07, 6.45) is 8.82. The number of fused-ring (bicyclic) bond motifs is 6. The van der Waals surface area contributed by atoms with Gasteiger partial charge in [-0.25, -0.2) is 0 Å². The number of benzene rings is 3. The molecule has 1 aromatic heterocycles. The molecule has 1 aliphatic carbocycles. The number of rotatable bonds is 1. The molecule has 3 aromatic carbocycles. The molecule has 124 valence electrons. The molecule has 2 heterocycles. The van der Waals surface area contributed by atoms with E-state index in [-0.39, 0.29) is 0 Å². The number of nitrogens with one attached hydrogen (secondary N) is 1. The van der Waals surface area contributed by atoms with Gasteiger partial charge in [0, 0.05) is 27.9 Å². The Morgan fingerprint density at radius 3 is 2.65 bits per heavy atom. The molecule has 2 atom stereocenters. The second-order valence-electron chi connectivity index (χ2n) is 7.04. The Bertz CT molecular complexity index is 1230. The van der Waals surface area contributed by atoms with Crippen molar-refractivity contribution in [1.82, 2.24) is 0 Å². The maximum absolute atomic E-state index is 5.98. The number of allylic oxidation sites excluding steroid dienone is 2. The van der Waals surface area contributed by atoms with Crippen LogP contribution in [0.3, 0.4) is 0 Å². The van der Waals surface area contributed by atoms with Gasteiger partial charge in [-0.2, -0.15) is 0 Å². The minimum absolute atomic E-state index is 0.356. The minimum Gasteiger partial charge on any atom is -0.456 e. The zero-order valence-electron chi connectivity index (χ0n) is 14.1. The van der Waals surface area contributed by atoms with Crippen LogP contribution in [0.1, 0.15) is 11.5 Å². The van der Waals surface area contributed by atoms with Crippen molar-refractivity contribution in [2.75, 3.05) is 5.32 Å². The Morgan fingerprint density at radius 2 is 1.65 bits per heavy atom. The lowest BCUT2D eigenvalue weighted by Crippen LogP contribution is -2.17. The summed E-state index contributed by atoms with van der Waals surface area (Å²) in [5.74, 6) is 0.424. The lowest BCUT2D eigenvalue weighted by atomic mass is 9.90. The third-order valence-corrected chi connectivity index (χ3v) is 5.59. The minimum atomic E-state index is 0.356. The van der Waals surface area contributed by atoms with Gasteiger partial charge in [-0.15, -0.1) is 0 Å². The lowest BCUT2D eigenvalue weighted by molar-refractivity contribution is 0.669. The van der Waals surface area contributed by atoms with E-state index in [1.165, 1.54) is 33.2 Å². The summed E-state index contributed by atoms with van der Waals surface area (Å²) in [4.78, 5) is 0. The zero-order chi connectivity index (χ0) is 17.1. The third kappa shape index (κ3) is 1.87. The Hall–Kier alpha value is -3.26. The van der Waals surface area contributed by atoms with Gasteiger partial charge in [0.2, 0.25) is 0 Å². The van der Waals surface area contributed by atoms with Crippen molar-refractivity contribution in [2.45, 2.75) is 12.0 Å². The van der Waals surface area contributed by atoms with E-state index in [1.54, 1.807) is 0 Å². The maximum atomic E-state index is 5.98.